The molecule has 0 aromatic carbocycles. The van der Waals surface area contributed by atoms with E-state index >= 15 is 0 Å². The number of carbonyl (C=O) groups excluding carboxylic acids is 1. The number of thiophene rings is 1. The molecule has 3 rings (SSSR count). The van der Waals surface area contributed by atoms with Gasteiger partial charge in [-0.2, -0.15) is 0 Å². The fraction of sp³-hybridized carbons (Fsp3) is 0.706. The van der Waals surface area contributed by atoms with Crippen molar-refractivity contribution >= 4 is 29.7 Å². The fourth-order valence-electron chi connectivity index (χ4n) is 3.44. The van der Waals surface area contributed by atoms with Crippen LogP contribution >= 0.6 is 23.7 Å². The van der Waals surface area contributed by atoms with Gasteiger partial charge >= 0.3 is 0 Å². The van der Waals surface area contributed by atoms with E-state index in [4.69, 9.17) is 0 Å². The average molecular weight is 343 g/mol. The Balaban J connectivity index is 0.00000176. The molecule has 1 saturated heterocycles. The summed E-state index contributed by atoms with van der Waals surface area (Å²) in [6.07, 6.45) is 7.21. The molecular formula is C17H27ClN2OS. The lowest BCUT2D eigenvalue weighted by atomic mass is 9.96. The molecule has 1 fully saturated rings. The summed E-state index contributed by atoms with van der Waals surface area (Å²) in [5.41, 5.74) is 1.44. The van der Waals surface area contributed by atoms with E-state index in [-0.39, 0.29) is 18.3 Å². The van der Waals surface area contributed by atoms with Gasteiger partial charge in [-0.15, -0.1) is 23.7 Å². The minimum atomic E-state index is 0. The Morgan fingerprint density at radius 1 is 1.32 bits per heavy atom. The van der Waals surface area contributed by atoms with Gasteiger partial charge in [-0.1, -0.05) is 6.92 Å². The van der Waals surface area contributed by atoms with E-state index in [1.165, 1.54) is 36.1 Å². The van der Waals surface area contributed by atoms with Crippen molar-refractivity contribution in [1.29, 1.82) is 0 Å². The van der Waals surface area contributed by atoms with E-state index < -0.39 is 0 Å². The third-order valence-corrected chi connectivity index (χ3v) is 6.02. The summed E-state index contributed by atoms with van der Waals surface area (Å²) in [6, 6.07) is 2.17. The number of hydrogen-bond donors (Lipinski definition) is 1. The molecule has 124 valence electrons. The van der Waals surface area contributed by atoms with Crippen LogP contribution in [0.4, 0.5) is 0 Å². The van der Waals surface area contributed by atoms with E-state index in [0.717, 1.165) is 49.8 Å². The molecule has 1 N–H and O–H groups in total. The van der Waals surface area contributed by atoms with Crippen LogP contribution in [0.25, 0.3) is 0 Å². The molecule has 1 aliphatic carbocycles. The maximum atomic E-state index is 12.7. The number of nitrogens with one attached hydrogen (secondary N) is 1. The minimum Gasteiger partial charge on any atom is -0.338 e. The highest BCUT2D eigenvalue weighted by atomic mass is 35.5. The molecule has 2 aliphatic rings. The summed E-state index contributed by atoms with van der Waals surface area (Å²) >= 11 is 1.75. The summed E-state index contributed by atoms with van der Waals surface area (Å²) < 4.78 is 0. The van der Waals surface area contributed by atoms with Crippen LogP contribution in [0.5, 0.6) is 0 Å². The van der Waals surface area contributed by atoms with E-state index in [1.54, 1.807) is 11.3 Å². The second-order valence-electron chi connectivity index (χ2n) is 6.31. The van der Waals surface area contributed by atoms with Crippen molar-refractivity contribution in [2.75, 3.05) is 26.2 Å². The van der Waals surface area contributed by atoms with Gasteiger partial charge < -0.3 is 10.2 Å². The van der Waals surface area contributed by atoms with E-state index in [1.807, 2.05) is 0 Å². The molecular weight excluding hydrogens is 316 g/mol. The molecule has 22 heavy (non-hydrogen) atoms. The highest BCUT2D eigenvalue weighted by Crippen LogP contribution is 2.31. The van der Waals surface area contributed by atoms with Crippen LogP contribution in [0.2, 0.25) is 0 Å². The van der Waals surface area contributed by atoms with E-state index in [2.05, 4.69) is 23.2 Å². The van der Waals surface area contributed by atoms with Crippen LogP contribution in [0, 0.1) is 5.92 Å². The Bertz CT molecular complexity index is 471. The van der Waals surface area contributed by atoms with Gasteiger partial charge in [0.15, 0.2) is 0 Å². The Labute approximate surface area is 143 Å². The lowest BCUT2D eigenvalue weighted by Crippen LogP contribution is -2.40. The molecule has 1 amide bonds. The van der Waals surface area contributed by atoms with Crippen LogP contribution in [-0.4, -0.2) is 37.0 Å². The molecule has 0 saturated carbocycles. The molecule has 0 radical (unpaired) electrons. The standard InChI is InChI=1S/C17H26N2OS.ClH/c1-2-18-12-13-7-9-19(10-8-13)17(20)16-11-14-5-3-4-6-15(14)21-16;/h11,13,18H,2-10,12H2,1H3;1H. The number of aryl methyl sites for hydroxylation is 2. The third-order valence-electron chi connectivity index (χ3n) is 4.79. The Kier molecular flexibility index (Phi) is 6.72. The van der Waals surface area contributed by atoms with E-state index in [0.29, 0.717) is 0 Å². The lowest BCUT2D eigenvalue weighted by molar-refractivity contribution is 0.0695. The zero-order valence-electron chi connectivity index (χ0n) is 13.4. The third kappa shape index (κ3) is 4.03. The van der Waals surface area contributed by atoms with Gasteiger partial charge in [0.05, 0.1) is 4.88 Å². The van der Waals surface area contributed by atoms with Gasteiger partial charge in [-0.05, 0) is 69.2 Å². The fourth-order valence-corrected chi connectivity index (χ4v) is 4.66. The highest BCUT2D eigenvalue weighted by Gasteiger charge is 2.25. The second kappa shape index (κ2) is 8.32. The zero-order valence-corrected chi connectivity index (χ0v) is 15.0. The number of rotatable bonds is 4. The largest absolute Gasteiger partial charge is 0.338 e. The molecule has 0 spiro atoms. The molecule has 0 atom stereocenters. The van der Waals surface area contributed by atoms with Crippen molar-refractivity contribution < 1.29 is 4.79 Å². The number of carbonyl (C=O) groups is 1. The SMILES string of the molecule is CCNCC1CCN(C(=O)c2cc3c(s2)CCCC3)CC1.Cl. The van der Waals surface area contributed by atoms with Crippen molar-refractivity contribution in [2.45, 2.75) is 45.4 Å². The molecule has 2 heterocycles. The van der Waals surface area contributed by atoms with Crippen molar-refractivity contribution in [1.82, 2.24) is 10.2 Å². The summed E-state index contributed by atoms with van der Waals surface area (Å²) in [6.45, 7) is 6.15. The van der Waals surface area contributed by atoms with Crippen molar-refractivity contribution in [2.24, 2.45) is 5.92 Å². The van der Waals surface area contributed by atoms with Gasteiger partial charge in [0.25, 0.3) is 5.91 Å². The quantitative estimate of drug-likeness (QED) is 0.908. The summed E-state index contributed by atoms with van der Waals surface area (Å²) in [5, 5.41) is 3.43. The first-order valence-electron chi connectivity index (χ1n) is 8.39. The second-order valence-corrected chi connectivity index (χ2v) is 7.45. The Morgan fingerprint density at radius 3 is 2.73 bits per heavy atom. The number of fused-ring (bicyclic) bond motifs is 1. The molecule has 3 nitrogen and oxygen atoms in total. The first kappa shape index (κ1) is 17.8. The predicted octanol–water partition coefficient (Wildman–Crippen LogP) is 3.51. The molecule has 1 aromatic heterocycles. The average Bonchev–Trinajstić information content (AvgIpc) is 2.96. The molecule has 0 unspecified atom stereocenters. The summed E-state index contributed by atoms with van der Waals surface area (Å²) in [5.74, 6) is 1.02. The topological polar surface area (TPSA) is 32.3 Å². The van der Waals surface area contributed by atoms with Crippen molar-refractivity contribution in [3.05, 3.63) is 21.4 Å². The van der Waals surface area contributed by atoms with Gasteiger partial charge in [0.1, 0.15) is 0 Å². The predicted molar refractivity (Wildman–Crippen MR) is 95.4 cm³/mol. The van der Waals surface area contributed by atoms with Gasteiger partial charge in [0, 0.05) is 18.0 Å². The summed E-state index contributed by atoms with van der Waals surface area (Å²) in [7, 11) is 0. The zero-order chi connectivity index (χ0) is 14.7. The number of likely N-dealkylation sites (tertiary alicyclic amines) is 1. The Morgan fingerprint density at radius 2 is 2.05 bits per heavy atom. The van der Waals surface area contributed by atoms with Crippen molar-refractivity contribution in [3.63, 3.8) is 0 Å². The van der Waals surface area contributed by atoms with Crippen LogP contribution in [0.1, 0.15) is 52.7 Å². The highest BCUT2D eigenvalue weighted by molar-refractivity contribution is 7.14. The molecule has 1 aliphatic heterocycles. The van der Waals surface area contributed by atoms with Crippen LogP contribution in [0.15, 0.2) is 6.07 Å². The molecule has 0 bridgehead atoms. The lowest BCUT2D eigenvalue weighted by Gasteiger charge is -2.31. The maximum Gasteiger partial charge on any atom is 0.263 e. The van der Waals surface area contributed by atoms with Crippen LogP contribution in [-0.2, 0) is 12.8 Å². The van der Waals surface area contributed by atoms with Gasteiger partial charge in [-0.25, -0.2) is 0 Å². The van der Waals surface area contributed by atoms with Gasteiger partial charge in [-0.3, -0.25) is 4.79 Å². The normalized spacial score (nSPS) is 18.7. The number of halogens is 1. The smallest absolute Gasteiger partial charge is 0.263 e. The number of piperidine rings is 1. The van der Waals surface area contributed by atoms with E-state index in [9.17, 15) is 4.79 Å². The van der Waals surface area contributed by atoms with Crippen LogP contribution in [0.3, 0.4) is 0 Å². The maximum absolute atomic E-state index is 12.7. The minimum absolute atomic E-state index is 0. The number of hydrogen-bond acceptors (Lipinski definition) is 3. The van der Waals surface area contributed by atoms with Crippen LogP contribution < -0.4 is 5.32 Å². The van der Waals surface area contributed by atoms with Crippen molar-refractivity contribution in [3.8, 4) is 0 Å². The number of amides is 1. The molecule has 1 aromatic rings. The summed E-state index contributed by atoms with van der Waals surface area (Å²) in [4.78, 5) is 17.2. The first-order chi connectivity index (χ1) is 10.3. The number of nitrogens with zero attached hydrogens (tertiary/aromatic N) is 1. The monoisotopic (exact) mass is 342 g/mol. The Hall–Kier alpha value is -0.580. The molecule has 5 heteroatoms. The van der Waals surface area contributed by atoms with Gasteiger partial charge in [0.2, 0.25) is 0 Å². The first-order valence-corrected chi connectivity index (χ1v) is 9.21.